The summed E-state index contributed by atoms with van der Waals surface area (Å²) < 4.78 is 0. The van der Waals surface area contributed by atoms with E-state index in [9.17, 15) is 0 Å². The molecule has 7 N–H and O–H groups in total. The third kappa shape index (κ3) is 6.36. The molecule has 0 unspecified atom stereocenters. The summed E-state index contributed by atoms with van der Waals surface area (Å²) >= 11 is 0. The molecule has 0 atom stereocenters. The van der Waals surface area contributed by atoms with Crippen molar-refractivity contribution in [1.82, 2.24) is 4.90 Å². The minimum atomic E-state index is 0.130. The summed E-state index contributed by atoms with van der Waals surface area (Å²) in [6.07, 6.45) is 2.84. The zero-order valence-corrected chi connectivity index (χ0v) is 8.13. The molecule has 0 aliphatic carbocycles. The molecule has 0 saturated carbocycles. The minimum absolute atomic E-state index is 0.130. The maximum atomic E-state index is 7.30. The van der Waals surface area contributed by atoms with Gasteiger partial charge in [-0.2, -0.15) is 0 Å². The Kier molecular flexibility index (Phi) is 7.33. The Balaban J connectivity index is 3.61. The number of nitrogens with two attached hydrogens (primary N) is 3. The molecular weight excluding hydrogens is 166 g/mol. The lowest BCUT2D eigenvalue weighted by Crippen LogP contribution is -2.38. The largest absolute Gasteiger partial charge is 0.370 e. The smallest absolute Gasteiger partial charge is 0.188 e. The van der Waals surface area contributed by atoms with E-state index >= 15 is 0 Å². The van der Waals surface area contributed by atoms with Gasteiger partial charge in [0.05, 0.1) is 0 Å². The predicted octanol–water partition coefficient (Wildman–Crippen LogP) is -0.730. The summed E-state index contributed by atoms with van der Waals surface area (Å²) in [5.41, 5.74) is 16.1. The van der Waals surface area contributed by atoms with Gasteiger partial charge in [0, 0.05) is 13.1 Å². The second-order valence-corrected chi connectivity index (χ2v) is 3.01. The molecule has 13 heavy (non-hydrogen) atoms. The van der Waals surface area contributed by atoms with Gasteiger partial charge in [-0.3, -0.25) is 5.41 Å². The third-order valence-electron chi connectivity index (χ3n) is 1.85. The van der Waals surface area contributed by atoms with Crippen LogP contribution in [0.25, 0.3) is 0 Å². The monoisotopic (exact) mass is 187 g/mol. The van der Waals surface area contributed by atoms with Crippen LogP contribution in [-0.2, 0) is 0 Å². The van der Waals surface area contributed by atoms with Crippen molar-refractivity contribution in [3.8, 4) is 0 Å². The lowest BCUT2D eigenvalue weighted by atomic mass is 10.3. The van der Waals surface area contributed by atoms with Crippen LogP contribution < -0.4 is 17.2 Å². The lowest BCUT2D eigenvalue weighted by molar-refractivity contribution is 0.394. The Morgan fingerprint density at radius 1 is 1.00 bits per heavy atom. The van der Waals surface area contributed by atoms with E-state index in [0.717, 1.165) is 32.4 Å². The average molecular weight is 187 g/mol. The average Bonchev–Trinajstić information content (AvgIpc) is 2.10. The van der Waals surface area contributed by atoms with Crippen LogP contribution in [-0.4, -0.2) is 37.0 Å². The standard InChI is InChI=1S/C8H21N5/c9-4-1-2-6-13(8(11)12)7-3-5-10/h1-7,9-10H2,(H3,11,12). The molecule has 0 saturated heterocycles. The Hall–Kier alpha value is -0.810. The van der Waals surface area contributed by atoms with E-state index in [1.165, 1.54) is 0 Å². The summed E-state index contributed by atoms with van der Waals surface area (Å²) in [6, 6.07) is 0. The van der Waals surface area contributed by atoms with Gasteiger partial charge < -0.3 is 22.1 Å². The molecule has 0 spiro atoms. The molecule has 0 aliphatic heterocycles. The highest BCUT2D eigenvalue weighted by atomic mass is 15.2. The molecule has 5 heteroatoms. The van der Waals surface area contributed by atoms with Crippen LogP contribution in [0.5, 0.6) is 0 Å². The van der Waals surface area contributed by atoms with Gasteiger partial charge in [0.2, 0.25) is 0 Å². The molecule has 0 radical (unpaired) electrons. The van der Waals surface area contributed by atoms with Crippen molar-refractivity contribution in [1.29, 1.82) is 5.41 Å². The van der Waals surface area contributed by atoms with Crippen LogP contribution in [0.15, 0.2) is 0 Å². The van der Waals surface area contributed by atoms with Crippen LogP contribution in [0, 0.1) is 5.41 Å². The van der Waals surface area contributed by atoms with Gasteiger partial charge in [0.25, 0.3) is 0 Å². The highest BCUT2D eigenvalue weighted by Gasteiger charge is 2.04. The molecule has 0 bridgehead atoms. The Morgan fingerprint density at radius 3 is 2.00 bits per heavy atom. The van der Waals surface area contributed by atoms with E-state index in [1.807, 2.05) is 4.90 Å². The molecule has 0 aromatic carbocycles. The quantitative estimate of drug-likeness (QED) is 0.239. The van der Waals surface area contributed by atoms with Crippen LogP contribution in [0.4, 0.5) is 0 Å². The van der Waals surface area contributed by atoms with Crippen molar-refractivity contribution in [3.05, 3.63) is 0 Å². The van der Waals surface area contributed by atoms with Gasteiger partial charge in [-0.05, 0) is 32.4 Å². The number of guanidine groups is 1. The molecule has 0 aromatic heterocycles. The van der Waals surface area contributed by atoms with Gasteiger partial charge in [-0.1, -0.05) is 0 Å². The Morgan fingerprint density at radius 2 is 1.54 bits per heavy atom. The molecule has 0 aromatic rings. The van der Waals surface area contributed by atoms with Gasteiger partial charge >= 0.3 is 0 Å². The topological polar surface area (TPSA) is 105 Å². The first-order chi connectivity index (χ1) is 6.22. The fourth-order valence-corrected chi connectivity index (χ4v) is 1.08. The molecule has 0 aliphatic rings. The fourth-order valence-electron chi connectivity index (χ4n) is 1.08. The first-order valence-corrected chi connectivity index (χ1v) is 4.71. The Bertz CT molecular complexity index is 136. The second kappa shape index (κ2) is 7.82. The van der Waals surface area contributed by atoms with Crippen molar-refractivity contribution >= 4 is 5.96 Å². The van der Waals surface area contributed by atoms with Crippen molar-refractivity contribution in [2.24, 2.45) is 17.2 Å². The molecule has 0 rings (SSSR count). The lowest BCUT2D eigenvalue weighted by Gasteiger charge is -2.21. The summed E-state index contributed by atoms with van der Waals surface area (Å²) in [5.74, 6) is 0.130. The molecule has 0 heterocycles. The van der Waals surface area contributed by atoms with Gasteiger partial charge in [-0.15, -0.1) is 0 Å². The van der Waals surface area contributed by atoms with E-state index < -0.39 is 0 Å². The number of nitrogens with zero attached hydrogens (tertiary/aromatic N) is 1. The summed E-state index contributed by atoms with van der Waals surface area (Å²) in [6.45, 7) is 2.92. The molecular formula is C8H21N5. The van der Waals surface area contributed by atoms with Gasteiger partial charge in [0.15, 0.2) is 5.96 Å². The first-order valence-electron chi connectivity index (χ1n) is 4.71. The number of unbranched alkanes of at least 4 members (excludes halogenated alkanes) is 1. The summed E-state index contributed by atoms with van der Waals surface area (Å²) in [7, 11) is 0. The van der Waals surface area contributed by atoms with Crippen LogP contribution in [0.3, 0.4) is 0 Å². The normalized spacial score (nSPS) is 10.0. The zero-order valence-electron chi connectivity index (χ0n) is 8.13. The van der Waals surface area contributed by atoms with Crippen LogP contribution >= 0.6 is 0 Å². The van der Waals surface area contributed by atoms with E-state index in [0.29, 0.717) is 13.1 Å². The third-order valence-corrected chi connectivity index (χ3v) is 1.85. The van der Waals surface area contributed by atoms with E-state index in [-0.39, 0.29) is 5.96 Å². The maximum Gasteiger partial charge on any atom is 0.188 e. The number of nitrogens with one attached hydrogen (secondary N) is 1. The number of hydrogen-bond acceptors (Lipinski definition) is 3. The van der Waals surface area contributed by atoms with E-state index in [4.69, 9.17) is 22.6 Å². The SMILES string of the molecule is N=C(N)N(CCCN)CCCCN. The highest BCUT2D eigenvalue weighted by Crippen LogP contribution is 1.94. The van der Waals surface area contributed by atoms with Crippen LogP contribution in [0.1, 0.15) is 19.3 Å². The maximum absolute atomic E-state index is 7.30. The highest BCUT2D eigenvalue weighted by molar-refractivity contribution is 5.74. The zero-order chi connectivity index (χ0) is 10.1. The molecule has 0 amide bonds. The Labute approximate surface area is 79.8 Å². The van der Waals surface area contributed by atoms with E-state index in [2.05, 4.69) is 0 Å². The fraction of sp³-hybridized carbons (Fsp3) is 0.875. The minimum Gasteiger partial charge on any atom is -0.370 e. The van der Waals surface area contributed by atoms with Crippen molar-refractivity contribution in [3.63, 3.8) is 0 Å². The molecule has 5 nitrogen and oxygen atoms in total. The van der Waals surface area contributed by atoms with Gasteiger partial charge in [0.1, 0.15) is 0 Å². The van der Waals surface area contributed by atoms with Crippen molar-refractivity contribution in [2.45, 2.75) is 19.3 Å². The van der Waals surface area contributed by atoms with Crippen molar-refractivity contribution < 1.29 is 0 Å². The second-order valence-electron chi connectivity index (χ2n) is 3.01. The summed E-state index contributed by atoms with van der Waals surface area (Å²) in [4.78, 5) is 1.84. The first kappa shape index (κ1) is 12.2. The number of rotatable bonds is 7. The summed E-state index contributed by atoms with van der Waals surface area (Å²) in [5, 5.41) is 7.30. The predicted molar refractivity (Wildman–Crippen MR) is 55.4 cm³/mol. The van der Waals surface area contributed by atoms with E-state index in [1.54, 1.807) is 0 Å². The molecule has 0 fully saturated rings. The van der Waals surface area contributed by atoms with Crippen LogP contribution in [0.2, 0.25) is 0 Å². The molecule has 78 valence electrons. The van der Waals surface area contributed by atoms with Gasteiger partial charge in [-0.25, -0.2) is 0 Å². The number of hydrogen-bond donors (Lipinski definition) is 4. The van der Waals surface area contributed by atoms with Crippen molar-refractivity contribution in [2.75, 3.05) is 26.2 Å².